The number of carbonyl (C=O) groups is 2. The van der Waals surface area contributed by atoms with Gasteiger partial charge in [0.2, 0.25) is 5.91 Å². The lowest BCUT2D eigenvalue weighted by Crippen LogP contribution is -2.44. The van der Waals surface area contributed by atoms with Crippen LogP contribution in [0.15, 0.2) is 0 Å². The lowest BCUT2D eigenvalue weighted by Gasteiger charge is -2.21. The van der Waals surface area contributed by atoms with Crippen molar-refractivity contribution in [2.45, 2.75) is 31.7 Å². The summed E-state index contributed by atoms with van der Waals surface area (Å²) < 4.78 is 0. The van der Waals surface area contributed by atoms with Gasteiger partial charge in [-0.3, -0.25) is 4.79 Å². The van der Waals surface area contributed by atoms with E-state index in [2.05, 4.69) is 5.32 Å². The van der Waals surface area contributed by atoms with Crippen LogP contribution in [-0.2, 0) is 9.59 Å². The van der Waals surface area contributed by atoms with E-state index in [0.717, 1.165) is 18.9 Å². The van der Waals surface area contributed by atoms with Gasteiger partial charge in [-0.1, -0.05) is 0 Å². The van der Waals surface area contributed by atoms with E-state index in [0.29, 0.717) is 13.0 Å². The Morgan fingerprint density at radius 3 is 2.69 bits per heavy atom. The van der Waals surface area contributed by atoms with Crippen molar-refractivity contribution >= 4 is 11.9 Å². The Balaban J connectivity index is 1.75. The van der Waals surface area contributed by atoms with Crippen LogP contribution in [0.5, 0.6) is 0 Å². The molecular formula is C11H18N2O3. The molecule has 0 radical (unpaired) electrons. The molecule has 2 fully saturated rings. The SMILES string of the molecule is O=C(O)C1CCCN1C(=O)CNCC1CC1. The number of aliphatic carboxylic acids is 1. The first-order chi connectivity index (χ1) is 7.68. The first-order valence-corrected chi connectivity index (χ1v) is 5.91. The van der Waals surface area contributed by atoms with Crippen LogP contribution in [0, 0.1) is 5.92 Å². The smallest absolute Gasteiger partial charge is 0.326 e. The van der Waals surface area contributed by atoms with E-state index in [1.165, 1.54) is 17.7 Å². The Kier molecular flexibility index (Phi) is 3.43. The standard InChI is InChI=1S/C11H18N2O3/c14-10(7-12-6-8-3-4-8)13-5-1-2-9(13)11(15)16/h8-9,12H,1-7H2,(H,15,16). The summed E-state index contributed by atoms with van der Waals surface area (Å²) in [7, 11) is 0. The normalized spacial score (nSPS) is 24.8. The van der Waals surface area contributed by atoms with Gasteiger partial charge in [-0.25, -0.2) is 4.79 Å². The minimum absolute atomic E-state index is 0.0782. The number of hydrogen-bond donors (Lipinski definition) is 2. The van der Waals surface area contributed by atoms with Crippen LogP contribution >= 0.6 is 0 Å². The Morgan fingerprint density at radius 2 is 2.06 bits per heavy atom. The molecule has 2 rings (SSSR count). The van der Waals surface area contributed by atoms with Gasteiger partial charge in [0.15, 0.2) is 0 Å². The van der Waals surface area contributed by atoms with Crippen LogP contribution in [0.2, 0.25) is 0 Å². The molecule has 1 saturated heterocycles. The van der Waals surface area contributed by atoms with Crippen molar-refractivity contribution in [2.24, 2.45) is 5.92 Å². The summed E-state index contributed by atoms with van der Waals surface area (Å²) in [6.07, 6.45) is 3.89. The predicted octanol–water partition coefficient (Wildman–Crippen LogP) is 0.0616. The van der Waals surface area contributed by atoms with Crippen LogP contribution < -0.4 is 5.32 Å². The summed E-state index contributed by atoms with van der Waals surface area (Å²) in [6.45, 7) is 1.75. The van der Waals surface area contributed by atoms with Gasteiger partial charge in [-0.05, 0) is 38.1 Å². The number of rotatable bonds is 5. The van der Waals surface area contributed by atoms with E-state index >= 15 is 0 Å². The maximum absolute atomic E-state index is 11.8. The molecule has 1 saturated carbocycles. The van der Waals surface area contributed by atoms with Gasteiger partial charge in [0.25, 0.3) is 0 Å². The number of carboxylic acids is 1. The van der Waals surface area contributed by atoms with Crippen molar-refractivity contribution < 1.29 is 14.7 Å². The Morgan fingerprint density at radius 1 is 1.31 bits per heavy atom. The molecule has 0 aromatic heterocycles. The highest BCUT2D eigenvalue weighted by Gasteiger charge is 2.33. The number of carboxylic acid groups (broad SMARTS) is 1. The topological polar surface area (TPSA) is 69.6 Å². The van der Waals surface area contributed by atoms with Gasteiger partial charge in [-0.2, -0.15) is 0 Å². The molecule has 1 heterocycles. The Bertz CT molecular complexity index is 289. The average Bonchev–Trinajstić information content (AvgIpc) is 2.93. The largest absolute Gasteiger partial charge is 0.480 e. The number of nitrogens with zero attached hydrogens (tertiary/aromatic N) is 1. The summed E-state index contributed by atoms with van der Waals surface area (Å²) in [4.78, 5) is 24.1. The molecule has 0 aromatic rings. The molecule has 2 N–H and O–H groups in total. The third-order valence-electron chi connectivity index (χ3n) is 3.26. The van der Waals surface area contributed by atoms with E-state index in [-0.39, 0.29) is 12.5 Å². The highest BCUT2D eigenvalue weighted by Crippen LogP contribution is 2.27. The lowest BCUT2D eigenvalue weighted by molar-refractivity contribution is -0.147. The first kappa shape index (κ1) is 11.4. The monoisotopic (exact) mass is 226 g/mol. The van der Waals surface area contributed by atoms with E-state index in [1.807, 2.05) is 0 Å². The highest BCUT2D eigenvalue weighted by molar-refractivity contribution is 5.85. The Hall–Kier alpha value is -1.10. The van der Waals surface area contributed by atoms with E-state index in [9.17, 15) is 9.59 Å². The molecular weight excluding hydrogens is 208 g/mol. The lowest BCUT2D eigenvalue weighted by atomic mass is 10.2. The zero-order chi connectivity index (χ0) is 11.5. The minimum atomic E-state index is -0.881. The fourth-order valence-electron chi connectivity index (χ4n) is 2.13. The van der Waals surface area contributed by atoms with Crippen molar-refractivity contribution in [3.05, 3.63) is 0 Å². The molecule has 0 bridgehead atoms. The second-order valence-corrected chi connectivity index (χ2v) is 4.66. The van der Waals surface area contributed by atoms with Crippen molar-refractivity contribution in [3.63, 3.8) is 0 Å². The van der Waals surface area contributed by atoms with Crippen LogP contribution in [0.4, 0.5) is 0 Å². The van der Waals surface area contributed by atoms with Crippen molar-refractivity contribution in [1.82, 2.24) is 10.2 Å². The first-order valence-electron chi connectivity index (χ1n) is 5.91. The molecule has 5 nitrogen and oxygen atoms in total. The van der Waals surface area contributed by atoms with Crippen molar-refractivity contribution in [1.29, 1.82) is 0 Å². The third kappa shape index (κ3) is 2.72. The van der Waals surface area contributed by atoms with Gasteiger partial charge in [0.1, 0.15) is 6.04 Å². The van der Waals surface area contributed by atoms with Gasteiger partial charge >= 0.3 is 5.97 Å². The summed E-state index contributed by atoms with van der Waals surface area (Å²) in [5.74, 6) is -0.222. The second-order valence-electron chi connectivity index (χ2n) is 4.66. The summed E-state index contributed by atoms with van der Waals surface area (Å²) in [5.41, 5.74) is 0. The maximum atomic E-state index is 11.8. The van der Waals surface area contributed by atoms with Crippen LogP contribution in [0.25, 0.3) is 0 Å². The molecule has 1 amide bonds. The van der Waals surface area contributed by atoms with Gasteiger partial charge in [-0.15, -0.1) is 0 Å². The number of amides is 1. The zero-order valence-corrected chi connectivity index (χ0v) is 9.32. The van der Waals surface area contributed by atoms with Crippen molar-refractivity contribution in [3.8, 4) is 0 Å². The molecule has 1 aliphatic carbocycles. The molecule has 5 heteroatoms. The van der Waals surface area contributed by atoms with Gasteiger partial charge < -0.3 is 15.3 Å². The van der Waals surface area contributed by atoms with E-state index in [4.69, 9.17) is 5.11 Å². The molecule has 1 atom stereocenters. The predicted molar refractivity (Wildman–Crippen MR) is 58.0 cm³/mol. The molecule has 0 spiro atoms. The van der Waals surface area contributed by atoms with Crippen molar-refractivity contribution in [2.75, 3.05) is 19.6 Å². The molecule has 0 aromatic carbocycles. The number of carbonyl (C=O) groups excluding carboxylic acids is 1. The van der Waals surface area contributed by atoms with E-state index in [1.54, 1.807) is 0 Å². The molecule has 1 unspecified atom stereocenters. The van der Waals surface area contributed by atoms with Gasteiger partial charge in [0.05, 0.1) is 6.54 Å². The van der Waals surface area contributed by atoms with Crippen LogP contribution in [-0.4, -0.2) is 47.6 Å². The molecule has 16 heavy (non-hydrogen) atoms. The third-order valence-corrected chi connectivity index (χ3v) is 3.26. The quantitative estimate of drug-likeness (QED) is 0.695. The minimum Gasteiger partial charge on any atom is -0.480 e. The molecule has 2 aliphatic rings. The average molecular weight is 226 g/mol. The van der Waals surface area contributed by atoms with Crippen LogP contribution in [0.1, 0.15) is 25.7 Å². The molecule has 1 aliphatic heterocycles. The number of nitrogens with one attached hydrogen (secondary N) is 1. The van der Waals surface area contributed by atoms with Crippen LogP contribution in [0.3, 0.4) is 0 Å². The highest BCUT2D eigenvalue weighted by atomic mass is 16.4. The number of hydrogen-bond acceptors (Lipinski definition) is 3. The zero-order valence-electron chi connectivity index (χ0n) is 9.32. The summed E-state index contributed by atoms with van der Waals surface area (Å²) in [6, 6.07) is -0.602. The Labute approximate surface area is 94.8 Å². The van der Waals surface area contributed by atoms with Gasteiger partial charge in [0, 0.05) is 6.54 Å². The summed E-state index contributed by atoms with van der Waals surface area (Å²) >= 11 is 0. The fraction of sp³-hybridized carbons (Fsp3) is 0.818. The summed E-state index contributed by atoms with van der Waals surface area (Å²) in [5, 5.41) is 12.0. The number of likely N-dealkylation sites (tertiary alicyclic amines) is 1. The maximum Gasteiger partial charge on any atom is 0.326 e. The van der Waals surface area contributed by atoms with E-state index < -0.39 is 12.0 Å². The second kappa shape index (κ2) is 4.82. The fourth-order valence-corrected chi connectivity index (χ4v) is 2.13. The molecule has 90 valence electrons.